The lowest BCUT2D eigenvalue weighted by Crippen LogP contribution is -2.54. The number of urea groups is 1. The Morgan fingerprint density at radius 3 is 2.25 bits per heavy atom. The minimum absolute atomic E-state index is 0.272. The van der Waals surface area contributed by atoms with Crippen LogP contribution in [0.25, 0.3) is 0 Å². The fraction of sp³-hybridized carbons (Fsp3) is 0.550. The van der Waals surface area contributed by atoms with Gasteiger partial charge in [0.25, 0.3) is 0 Å². The quantitative estimate of drug-likeness (QED) is 0.341. The lowest BCUT2D eigenvalue weighted by Gasteiger charge is -2.21. The number of nitrogens with two attached hydrogens (primary N) is 1. The predicted molar refractivity (Wildman–Crippen MR) is 108 cm³/mol. The van der Waals surface area contributed by atoms with Gasteiger partial charge in [-0.2, -0.15) is 0 Å². The molecule has 6 N–H and O–H groups in total. The Labute approximate surface area is 166 Å². The molecule has 156 valence electrons. The molecule has 0 aromatic heterocycles. The van der Waals surface area contributed by atoms with Gasteiger partial charge in [0, 0.05) is 13.0 Å². The second-order valence-corrected chi connectivity index (χ2v) is 7.17. The summed E-state index contributed by atoms with van der Waals surface area (Å²) in [6.07, 6.45) is 1.86. The summed E-state index contributed by atoms with van der Waals surface area (Å²) < 4.78 is 0. The van der Waals surface area contributed by atoms with E-state index >= 15 is 0 Å². The maximum absolute atomic E-state index is 12.5. The Balaban J connectivity index is 2.75. The number of carboxylic acid groups (broad SMARTS) is 1. The van der Waals surface area contributed by atoms with Crippen molar-refractivity contribution in [2.75, 3.05) is 13.1 Å². The second-order valence-electron chi connectivity index (χ2n) is 7.17. The molecule has 0 bridgehead atoms. The van der Waals surface area contributed by atoms with Crippen LogP contribution in [0, 0.1) is 5.92 Å². The maximum Gasteiger partial charge on any atom is 0.326 e. The van der Waals surface area contributed by atoms with Gasteiger partial charge in [0.1, 0.15) is 12.1 Å². The highest BCUT2D eigenvalue weighted by Crippen LogP contribution is 2.05. The first-order valence-electron chi connectivity index (χ1n) is 9.65. The fourth-order valence-corrected chi connectivity index (χ4v) is 2.60. The number of benzene rings is 1. The number of rotatable bonds is 12. The van der Waals surface area contributed by atoms with Gasteiger partial charge in [0.05, 0.1) is 0 Å². The Morgan fingerprint density at radius 2 is 1.68 bits per heavy atom. The number of hydrogen-bond donors (Lipinski definition) is 5. The molecule has 3 amide bonds. The van der Waals surface area contributed by atoms with Gasteiger partial charge in [-0.3, -0.25) is 4.79 Å². The molecular weight excluding hydrogens is 360 g/mol. The van der Waals surface area contributed by atoms with Crippen LogP contribution in [0.2, 0.25) is 0 Å². The van der Waals surface area contributed by atoms with E-state index in [0.29, 0.717) is 32.4 Å². The average molecular weight is 393 g/mol. The summed E-state index contributed by atoms with van der Waals surface area (Å²) in [6, 6.07) is 6.82. The molecule has 0 radical (unpaired) electrons. The largest absolute Gasteiger partial charge is 0.480 e. The van der Waals surface area contributed by atoms with Gasteiger partial charge < -0.3 is 26.8 Å². The molecule has 0 heterocycles. The predicted octanol–water partition coefficient (Wildman–Crippen LogP) is 1.25. The smallest absolute Gasteiger partial charge is 0.326 e. The minimum Gasteiger partial charge on any atom is -0.480 e. The van der Waals surface area contributed by atoms with Crippen molar-refractivity contribution in [1.29, 1.82) is 0 Å². The van der Waals surface area contributed by atoms with E-state index in [-0.39, 0.29) is 18.2 Å². The molecule has 2 atom stereocenters. The molecule has 8 heteroatoms. The summed E-state index contributed by atoms with van der Waals surface area (Å²) in [6.45, 7) is 4.91. The zero-order valence-electron chi connectivity index (χ0n) is 16.6. The summed E-state index contributed by atoms with van der Waals surface area (Å²) in [4.78, 5) is 36.2. The summed E-state index contributed by atoms with van der Waals surface area (Å²) >= 11 is 0. The third-order valence-electron chi connectivity index (χ3n) is 4.14. The van der Waals surface area contributed by atoms with Crippen LogP contribution < -0.4 is 21.7 Å². The van der Waals surface area contributed by atoms with Crippen LogP contribution in [0.15, 0.2) is 30.3 Å². The highest BCUT2D eigenvalue weighted by Gasteiger charge is 2.24. The molecule has 1 rings (SSSR count). The summed E-state index contributed by atoms with van der Waals surface area (Å²) in [5.74, 6) is -1.15. The van der Waals surface area contributed by atoms with Gasteiger partial charge in [-0.25, -0.2) is 9.59 Å². The van der Waals surface area contributed by atoms with Crippen molar-refractivity contribution in [2.45, 2.75) is 51.6 Å². The van der Waals surface area contributed by atoms with E-state index in [4.69, 9.17) is 5.73 Å². The third-order valence-corrected chi connectivity index (χ3v) is 4.14. The topological polar surface area (TPSA) is 134 Å². The van der Waals surface area contributed by atoms with Crippen molar-refractivity contribution in [3.63, 3.8) is 0 Å². The first-order valence-corrected chi connectivity index (χ1v) is 9.65. The number of unbranched alkanes of at least 4 members (excludes halogenated alkanes) is 1. The van der Waals surface area contributed by atoms with E-state index in [9.17, 15) is 19.5 Å². The standard InChI is InChI=1S/C20H32N4O4/c1-14(2)13-22-18(25)17(12-15-8-4-3-5-9-15)24-20(28)23-16(19(26)27)10-6-7-11-21/h3-5,8-9,14,16-17H,6-7,10-13,21H2,1-2H3,(H,22,25)(H,26,27)(H2,23,24,28)/t16-,17+/m0/s1. The molecular formula is C20H32N4O4. The Hall–Kier alpha value is -2.61. The monoisotopic (exact) mass is 392 g/mol. The van der Waals surface area contributed by atoms with Crippen LogP contribution in [0.5, 0.6) is 0 Å². The van der Waals surface area contributed by atoms with Crippen LogP contribution in [0.4, 0.5) is 4.79 Å². The van der Waals surface area contributed by atoms with Crippen molar-refractivity contribution < 1.29 is 19.5 Å². The lowest BCUT2D eigenvalue weighted by atomic mass is 10.0. The third kappa shape index (κ3) is 9.36. The average Bonchev–Trinajstić information content (AvgIpc) is 2.65. The first kappa shape index (κ1) is 23.4. The van der Waals surface area contributed by atoms with E-state index in [1.54, 1.807) is 0 Å². The van der Waals surface area contributed by atoms with Crippen molar-refractivity contribution in [3.05, 3.63) is 35.9 Å². The molecule has 1 aromatic rings. The van der Waals surface area contributed by atoms with Crippen molar-refractivity contribution >= 4 is 17.9 Å². The Morgan fingerprint density at radius 1 is 1.04 bits per heavy atom. The molecule has 0 unspecified atom stereocenters. The van der Waals surface area contributed by atoms with E-state index < -0.39 is 24.1 Å². The zero-order valence-corrected chi connectivity index (χ0v) is 16.6. The number of amides is 3. The van der Waals surface area contributed by atoms with Crippen LogP contribution in [-0.4, -0.2) is 48.2 Å². The number of carboxylic acids is 1. The van der Waals surface area contributed by atoms with Crippen LogP contribution in [0.3, 0.4) is 0 Å². The molecule has 8 nitrogen and oxygen atoms in total. The van der Waals surface area contributed by atoms with Crippen molar-refractivity contribution in [3.8, 4) is 0 Å². The van der Waals surface area contributed by atoms with E-state index in [0.717, 1.165) is 5.56 Å². The van der Waals surface area contributed by atoms with E-state index in [2.05, 4.69) is 16.0 Å². The van der Waals surface area contributed by atoms with Gasteiger partial charge in [-0.1, -0.05) is 44.2 Å². The van der Waals surface area contributed by atoms with Crippen molar-refractivity contribution in [1.82, 2.24) is 16.0 Å². The summed E-state index contributed by atoms with van der Waals surface area (Å²) in [7, 11) is 0. The zero-order chi connectivity index (χ0) is 20.9. The van der Waals surface area contributed by atoms with Crippen molar-refractivity contribution in [2.24, 2.45) is 11.7 Å². The number of carbonyl (C=O) groups excluding carboxylic acids is 2. The molecule has 0 aliphatic carbocycles. The fourth-order valence-electron chi connectivity index (χ4n) is 2.60. The molecule has 1 aromatic carbocycles. The van der Waals surface area contributed by atoms with Crippen LogP contribution in [-0.2, 0) is 16.0 Å². The van der Waals surface area contributed by atoms with Gasteiger partial charge in [-0.15, -0.1) is 0 Å². The minimum atomic E-state index is -1.11. The number of hydrogen-bond acceptors (Lipinski definition) is 4. The molecule has 0 aliphatic heterocycles. The van der Waals surface area contributed by atoms with Gasteiger partial charge in [0.15, 0.2) is 0 Å². The number of aliphatic carboxylic acids is 1. The molecule has 0 aliphatic rings. The maximum atomic E-state index is 12.5. The Kier molecular flexibility index (Phi) is 10.6. The summed E-state index contributed by atoms with van der Waals surface area (Å²) in [5.41, 5.74) is 6.32. The molecule has 0 saturated heterocycles. The molecule has 0 spiro atoms. The number of nitrogens with one attached hydrogen (secondary N) is 3. The second kappa shape index (κ2) is 12.7. The first-order chi connectivity index (χ1) is 13.3. The van der Waals surface area contributed by atoms with Crippen LogP contribution in [0.1, 0.15) is 38.7 Å². The van der Waals surface area contributed by atoms with Gasteiger partial charge in [0.2, 0.25) is 5.91 Å². The molecule has 0 fully saturated rings. The Bertz CT molecular complexity index is 622. The highest BCUT2D eigenvalue weighted by atomic mass is 16.4. The van der Waals surface area contributed by atoms with Crippen LogP contribution >= 0.6 is 0 Å². The lowest BCUT2D eigenvalue weighted by molar-refractivity contribution is -0.139. The number of carbonyl (C=O) groups is 3. The van der Waals surface area contributed by atoms with Gasteiger partial charge in [-0.05, 0) is 37.3 Å². The van der Waals surface area contributed by atoms with Gasteiger partial charge >= 0.3 is 12.0 Å². The van der Waals surface area contributed by atoms with E-state index in [1.807, 2.05) is 44.2 Å². The SMILES string of the molecule is CC(C)CNC(=O)[C@@H](Cc1ccccc1)NC(=O)N[C@@H](CCCCN)C(=O)O. The molecule has 28 heavy (non-hydrogen) atoms. The molecule has 0 saturated carbocycles. The normalized spacial score (nSPS) is 12.9. The highest BCUT2D eigenvalue weighted by molar-refractivity contribution is 5.89. The van der Waals surface area contributed by atoms with E-state index in [1.165, 1.54) is 0 Å². The summed E-state index contributed by atoms with van der Waals surface area (Å²) in [5, 5.41) is 17.2.